The average molecular weight is 318 g/mol. The van der Waals surface area contributed by atoms with Crippen LogP contribution < -0.4 is 0 Å². The van der Waals surface area contributed by atoms with Crippen molar-refractivity contribution < 1.29 is 15.0 Å². The summed E-state index contributed by atoms with van der Waals surface area (Å²) in [5.74, 6) is -0.821. The number of phenols is 1. The van der Waals surface area contributed by atoms with Gasteiger partial charge in [0, 0.05) is 17.5 Å². The third-order valence-electron chi connectivity index (χ3n) is 3.23. The highest BCUT2D eigenvalue weighted by Crippen LogP contribution is 2.23. The first kappa shape index (κ1) is 14.3. The van der Waals surface area contributed by atoms with Crippen molar-refractivity contribution in [3.8, 4) is 11.4 Å². The molecule has 3 aromatic rings. The van der Waals surface area contributed by atoms with Crippen molar-refractivity contribution in [1.82, 2.24) is 15.0 Å². The third-order valence-corrected chi connectivity index (χ3v) is 3.47. The molecule has 0 saturated heterocycles. The molecule has 0 unspecified atom stereocenters. The molecule has 0 fully saturated rings. The lowest BCUT2D eigenvalue weighted by Gasteiger charge is -2.08. The molecule has 1 heterocycles. The number of carboxylic acid groups (broad SMARTS) is 1. The Kier molecular flexibility index (Phi) is 3.68. The van der Waals surface area contributed by atoms with Gasteiger partial charge in [0.2, 0.25) is 0 Å². The topological polar surface area (TPSA) is 88.2 Å². The number of halogens is 1. The van der Waals surface area contributed by atoms with Crippen LogP contribution in [0.5, 0.6) is 5.75 Å². The Morgan fingerprint density at radius 3 is 2.68 bits per heavy atom. The molecule has 2 aromatic carbocycles. The van der Waals surface area contributed by atoms with Crippen LogP contribution in [0.4, 0.5) is 0 Å². The van der Waals surface area contributed by atoms with Crippen LogP contribution in [-0.4, -0.2) is 31.2 Å². The SMILES string of the molecule is O=C(O)CCc1ccc(O)cc1-n1nc2ccc(Cl)cc2n1. The molecular weight excluding hydrogens is 306 g/mol. The molecule has 7 heteroatoms. The highest BCUT2D eigenvalue weighted by atomic mass is 35.5. The van der Waals surface area contributed by atoms with Gasteiger partial charge >= 0.3 is 5.97 Å². The standard InChI is InChI=1S/C15H12ClN3O3/c16-10-3-5-12-13(7-10)18-19(17-12)14-8-11(20)4-1-9(14)2-6-15(21)22/h1,3-5,7-8,20H,2,6H2,(H,21,22). The minimum atomic E-state index is -0.885. The maximum atomic E-state index is 10.8. The zero-order valence-corrected chi connectivity index (χ0v) is 12.2. The fraction of sp³-hybridized carbons (Fsp3) is 0.133. The molecule has 22 heavy (non-hydrogen) atoms. The molecule has 2 N–H and O–H groups in total. The van der Waals surface area contributed by atoms with Crippen molar-refractivity contribution in [2.75, 3.05) is 0 Å². The Morgan fingerprint density at radius 1 is 1.14 bits per heavy atom. The van der Waals surface area contributed by atoms with Gasteiger partial charge in [-0.05, 0) is 36.2 Å². The van der Waals surface area contributed by atoms with Gasteiger partial charge < -0.3 is 10.2 Å². The number of rotatable bonds is 4. The van der Waals surface area contributed by atoms with Crippen LogP contribution >= 0.6 is 11.6 Å². The molecule has 3 rings (SSSR count). The van der Waals surface area contributed by atoms with E-state index in [1.165, 1.54) is 16.9 Å². The van der Waals surface area contributed by atoms with Crippen LogP contribution in [0, 0.1) is 0 Å². The van der Waals surface area contributed by atoms with Gasteiger partial charge in [0.25, 0.3) is 0 Å². The van der Waals surface area contributed by atoms with E-state index >= 15 is 0 Å². The van der Waals surface area contributed by atoms with Crippen LogP contribution in [-0.2, 0) is 11.2 Å². The van der Waals surface area contributed by atoms with Crippen LogP contribution in [0.1, 0.15) is 12.0 Å². The van der Waals surface area contributed by atoms with E-state index in [0.717, 1.165) is 5.56 Å². The molecule has 0 saturated carbocycles. The Balaban J connectivity index is 2.07. The highest BCUT2D eigenvalue weighted by molar-refractivity contribution is 6.31. The number of carboxylic acids is 1. The maximum Gasteiger partial charge on any atom is 0.303 e. The van der Waals surface area contributed by atoms with Crippen molar-refractivity contribution in [1.29, 1.82) is 0 Å². The lowest BCUT2D eigenvalue weighted by molar-refractivity contribution is -0.136. The molecule has 6 nitrogen and oxygen atoms in total. The van der Waals surface area contributed by atoms with Crippen LogP contribution in [0.2, 0.25) is 5.02 Å². The summed E-state index contributed by atoms with van der Waals surface area (Å²) in [4.78, 5) is 12.2. The van der Waals surface area contributed by atoms with Crippen LogP contribution in [0.25, 0.3) is 16.7 Å². The molecule has 0 aliphatic rings. The summed E-state index contributed by atoms with van der Waals surface area (Å²) in [6.45, 7) is 0. The average Bonchev–Trinajstić information content (AvgIpc) is 2.88. The van der Waals surface area contributed by atoms with Crippen molar-refractivity contribution in [2.24, 2.45) is 0 Å². The van der Waals surface area contributed by atoms with Gasteiger partial charge in [-0.25, -0.2) is 0 Å². The number of aliphatic carboxylic acids is 1. The zero-order valence-electron chi connectivity index (χ0n) is 11.4. The molecule has 0 aliphatic carbocycles. The summed E-state index contributed by atoms with van der Waals surface area (Å²) in [5.41, 5.74) is 2.58. The van der Waals surface area contributed by atoms with Gasteiger partial charge in [-0.1, -0.05) is 17.7 Å². The number of fused-ring (bicyclic) bond motifs is 1. The smallest absolute Gasteiger partial charge is 0.303 e. The van der Waals surface area contributed by atoms with E-state index < -0.39 is 5.97 Å². The molecule has 0 atom stereocenters. The Bertz CT molecular complexity index is 860. The second-order valence-electron chi connectivity index (χ2n) is 4.83. The predicted molar refractivity (Wildman–Crippen MR) is 81.5 cm³/mol. The second kappa shape index (κ2) is 5.65. The van der Waals surface area contributed by atoms with Crippen molar-refractivity contribution in [3.63, 3.8) is 0 Å². The van der Waals surface area contributed by atoms with Gasteiger partial charge in [-0.3, -0.25) is 4.79 Å². The number of aromatic hydroxyl groups is 1. The van der Waals surface area contributed by atoms with Gasteiger partial charge in [0.1, 0.15) is 16.8 Å². The van der Waals surface area contributed by atoms with Gasteiger partial charge in [-0.15, -0.1) is 15.0 Å². The van der Waals surface area contributed by atoms with Crippen molar-refractivity contribution in [2.45, 2.75) is 12.8 Å². The number of aromatic nitrogens is 3. The first-order valence-electron chi connectivity index (χ1n) is 6.59. The summed E-state index contributed by atoms with van der Waals surface area (Å²) in [6.07, 6.45) is 0.313. The predicted octanol–water partition coefficient (Wildman–Crippen LogP) is 2.80. The Morgan fingerprint density at radius 2 is 1.91 bits per heavy atom. The third kappa shape index (κ3) is 2.87. The second-order valence-corrected chi connectivity index (χ2v) is 5.27. The molecule has 0 radical (unpaired) electrons. The number of phenolic OH excluding ortho intramolecular Hbond substituents is 1. The van der Waals surface area contributed by atoms with Gasteiger partial charge in [0.05, 0.1) is 5.69 Å². The number of nitrogens with zero attached hydrogens (tertiary/aromatic N) is 3. The van der Waals surface area contributed by atoms with Crippen molar-refractivity contribution in [3.05, 3.63) is 47.0 Å². The fourth-order valence-electron chi connectivity index (χ4n) is 2.19. The summed E-state index contributed by atoms with van der Waals surface area (Å²) < 4.78 is 0. The van der Waals surface area contributed by atoms with E-state index in [4.69, 9.17) is 16.7 Å². The Labute approximate surface area is 130 Å². The zero-order chi connectivity index (χ0) is 15.7. The van der Waals surface area contributed by atoms with E-state index in [1.54, 1.807) is 24.3 Å². The number of aryl methyl sites for hydroxylation is 1. The summed E-state index contributed by atoms with van der Waals surface area (Å²) in [7, 11) is 0. The monoisotopic (exact) mass is 317 g/mol. The molecular formula is C15H12ClN3O3. The molecule has 1 aromatic heterocycles. The van der Waals surface area contributed by atoms with Gasteiger partial charge in [0.15, 0.2) is 0 Å². The maximum absolute atomic E-state index is 10.8. The minimum Gasteiger partial charge on any atom is -0.508 e. The van der Waals surface area contributed by atoms with E-state index in [9.17, 15) is 9.90 Å². The number of hydrogen-bond acceptors (Lipinski definition) is 4. The molecule has 0 spiro atoms. The van der Waals surface area contributed by atoms with E-state index in [-0.39, 0.29) is 12.2 Å². The highest BCUT2D eigenvalue weighted by Gasteiger charge is 2.12. The first-order chi connectivity index (χ1) is 10.5. The fourth-order valence-corrected chi connectivity index (χ4v) is 2.35. The molecule has 0 aliphatic heterocycles. The Hall–Kier alpha value is -2.60. The minimum absolute atomic E-state index is 0.00953. The van der Waals surface area contributed by atoms with E-state index in [0.29, 0.717) is 28.2 Å². The number of carbonyl (C=O) groups is 1. The van der Waals surface area contributed by atoms with E-state index in [2.05, 4.69) is 10.2 Å². The summed E-state index contributed by atoms with van der Waals surface area (Å²) in [6, 6.07) is 9.87. The van der Waals surface area contributed by atoms with Crippen molar-refractivity contribution >= 4 is 28.6 Å². The summed E-state index contributed by atoms with van der Waals surface area (Å²) >= 11 is 5.93. The van der Waals surface area contributed by atoms with Crippen LogP contribution in [0.3, 0.4) is 0 Å². The normalized spacial score (nSPS) is 11.0. The van der Waals surface area contributed by atoms with Crippen LogP contribution in [0.15, 0.2) is 36.4 Å². The molecule has 112 valence electrons. The molecule has 0 amide bonds. The lowest BCUT2D eigenvalue weighted by atomic mass is 10.1. The largest absolute Gasteiger partial charge is 0.508 e. The van der Waals surface area contributed by atoms with E-state index in [1.807, 2.05) is 0 Å². The van der Waals surface area contributed by atoms with Gasteiger partial charge in [-0.2, -0.15) is 0 Å². The number of hydrogen-bond donors (Lipinski definition) is 2. The number of benzene rings is 2. The first-order valence-corrected chi connectivity index (χ1v) is 6.97. The summed E-state index contributed by atoms with van der Waals surface area (Å²) in [5, 5.41) is 27.8. The lowest BCUT2D eigenvalue weighted by Crippen LogP contribution is -2.05. The molecule has 0 bridgehead atoms. The quantitative estimate of drug-likeness (QED) is 0.772.